The third-order valence-corrected chi connectivity index (χ3v) is 4.34. The van der Waals surface area contributed by atoms with Gasteiger partial charge in [-0.25, -0.2) is 4.79 Å². The Balaban J connectivity index is 1.67. The minimum atomic E-state index is -0.134. The molecule has 1 aliphatic heterocycles. The number of nitrogens with zero attached hydrogens (tertiary/aromatic N) is 2. The number of para-hydroxylation sites is 2. The van der Waals surface area contributed by atoms with Gasteiger partial charge >= 0.3 is 5.69 Å². The number of benzene rings is 2. The van der Waals surface area contributed by atoms with Gasteiger partial charge in [0.2, 0.25) is 0 Å². The predicted molar refractivity (Wildman–Crippen MR) is 88.6 cm³/mol. The fourth-order valence-corrected chi connectivity index (χ4v) is 2.95. The van der Waals surface area contributed by atoms with E-state index in [1.165, 1.54) is 0 Å². The molecule has 5 nitrogen and oxygen atoms in total. The first kappa shape index (κ1) is 13.8. The van der Waals surface area contributed by atoms with Crippen LogP contribution in [0.3, 0.4) is 0 Å². The Bertz CT molecular complexity index is 935. The summed E-state index contributed by atoms with van der Waals surface area (Å²) in [6.07, 6.45) is 1.08. The number of rotatable bonds is 3. The highest BCUT2D eigenvalue weighted by atomic mass is 16.2. The van der Waals surface area contributed by atoms with Crippen molar-refractivity contribution in [1.29, 1.82) is 0 Å². The van der Waals surface area contributed by atoms with Gasteiger partial charge in [0.05, 0.1) is 17.6 Å². The lowest BCUT2D eigenvalue weighted by molar-refractivity contribution is 0.0651. The van der Waals surface area contributed by atoms with E-state index in [2.05, 4.69) is 4.98 Å². The minimum Gasteiger partial charge on any atom is -0.339 e. The fraction of sp³-hybridized carbons (Fsp3) is 0.222. The number of fused-ring (bicyclic) bond motifs is 1. The number of likely N-dealkylation sites (tertiary alicyclic amines) is 1. The number of H-pyrrole nitrogens is 1. The standard InChI is InChI=1S/C18H17N3O2/c22-17(20-9-4-10-20)14-6-3-5-13(11-14)12-21-16-8-2-1-7-15(16)19-18(21)23/h1-3,5-8,11H,4,9-10,12H2,(H,19,23). The molecule has 0 aliphatic carbocycles. The van der Waals surface area contributed by atoms with Crippen LogP contribution in [0.25, 0.3) is 11.0 Å². The van der Waals surface area contributed by atoms with Gasteiger partial charge in [0.15, 0.2) is 0 Å². The molecule has 1 amide bonds. The number of hydrogen-bond donors (Lipinski definition) is 1. The van der Waals surface area contributed by atoms with Gasteiger partial charge in [-0.1, -0.05) is 24.3 Å². The zero-order chi connectivity index (χ0) is 15.8. The number of imidazole rings is 1. The highest BCUT2D eigenvalue weighted by Crippen LogP contribution is 2.16. The average Bonchev–Trinajstić information content (AvgIpc) is 2.82. The molecule has 1 N–H and O–H groups in total. The van der Waals surface area contributed by atoms with Crippen LogP contribution in [-0.2, 0) is 6.54 Å². The Morgan fingerprint density at radius 3 is 2.70 bits per heavy atom. The van der Waals surface area contributed by atoms with Gasteiger partial charge in [-0.15, -0.1) is 0 Å². The first-order chi connectivity index (χ1) is 11.2. The summed E-state index contributed by atoms with van der Waals surface area (Å²) in [7, 11) is 0. The maximum absolute atomic E-state index is 12.3. The third-order valence-electron chi connectivity index (χ3n) is 4.34. The SMILES string of the molecule is O=C(c1cccc(Cn2c(=O)[nH]c3ccccc32)c1)N1CCC1. The van der Waals surface area contributed by atoms with Gasteiger partial charge in [-0.3, -0.25) is 9.36 Å². The van der Waals surface area contributed by atoms with Crippen LogP contribution in [0.4, 0.5) is 0 Å². The van der Waals surface area contributed by atoms with Crippen molar-refractivity contribution in [2.24, 2.45) is 0 Å². The summed E-state index contributed by atoms with van der Waals surface area (Å²) < 4.78 is 1.70. The lowest BCUT2D eigenvalue weighted by Gasteiger charge is -2.31. The smallest absolute Gasteiger partial charge is 0.326 e. The maximum Gasteiger partial charge on any atom is 0.326 e. The molecule has 23 heavy (non-hydrogen) atoms. The van der Waals surface area contributed by atoms with E-state index in [0.29, 0.717) is 12.1 Å². The van der Waals surface area contributed by atoms with Gasteiger partial charge in [0.1, 0.15) is 0 Å². The molecule has 0 atom stereocenters. The van der Waals surface area contributed by atoms with E-state index in [4.69, 9.17) is 0 Å². The fourth-order valence-electron chi connectivity index (χ4n) is 2.95. The van der Waals surface area contributed by atoms with Crippen LogP contribution in [0.15, 0.2) is 53.3 Å². The number of amides is 1. The Kier molecular flexibility index (Phi) is 3.26. The summed E-state index contributed by atoms with van der Waals surface area (Å²) in [6.45, 7) is 2.12. The highest BCUT2D eigenvalue weighted by molar-refractivity contribution is 5.94. The van der Waals surface area contributed by atoms with Gasteiger partial charge in [0.25, 0.3) is 5.91 Å². The summed E-state index contributed by atoms with van der Waals surface area (Å²) in [5.41, 5.74) is 3.20. The monoisotopic (exact) mass is 307 g/mol. The second kappa shape index (κ2) is 5.43. The van der Waals surface area contributed by atoms with Crippen LogP contribution in [0.1, 0.15) is 22.3 Å². The van der Waals surface area contributed by atoms with Crippen LogP contribution in [0.2, 0.25) is 0 Å². The molecule has 5 heteroatoms. The van der Waals surface area contributed by atoms with Gasteiger partial charge in [-0.2, -0.15) is 0 Å². The molecular formula is C18H17N3O2. The number of aromatic nitrogens is 2. The summed E-state index contributed by atoms with van der Waals surface area (Å²) >= 11 is 0. The van der Waals surface area contributed by atoms with Crippen molar-refractivity contribution in [3.63, 3.8) is 0 Å². The van der Waals surface area contributed by atoms with Crippen molar-refractivity contribution >= 4 is 16.9 Å². The lowest BCUT2D eigenvalue weighted by atomic mass is 10.1. The van der Waals surface area contributed by atoms with Crippen molar-refractivity contribution in [3.8, 4) is 0 Å². The zero-order valence-corrected chi connectivity index (χ0v) is 12.7. The van der Waals surface area contributed by atoms with Crippen molar-refractivity contribution < 1.29 is 4.79 Å². The van der Waals surface area contributed by atoms with Crippen molar-refractivity contribution in [2.75, 3.05) is 13.1 Å². The first-order valence-electron chi connectivity index (χ1n) is 7.78. The summed E-state index contributed by atoms with van der Waals surface area (Å²) in [5, 5.41) is 0. The van der Waals surface area contributed by atoms with E-state index in [1.54, 1.807) is 4.57 Å². The third kappa shape index (κ3) is 2.44. The van der Waals surface area contributed by atoms with Crippen molar-refractivity contribution in [1.82, 2.24) is 14.5 Å². The summed E-state index contributed by atoms with van der Waals surface area (Å²) in [4.78, 5) is 29.2. The molecule has 0 radical (unpaired) electrons. The number of carbonyl (C=O) groups excluding carboxylic acids is 1. The van der Waals surface area contributed by atoms with Gasteiger partial charge in [-0.05, 0) is 36.2 Å². The van der Waals surface area contributed by atoms with E-state index < -0.39 is 0 Å². The molecule has 1 aromatic heterocycles. The van der Waals surface area contributed by atoms with E-state index in [1.807, 2.05) is 53.4 Å². The summed E-state index contributed by atoms with van der Waals surface area (Å²) in [6, 6.07) is 15.2. The Hall–Kier alpha value is -2.82. The van der Waals surface area contributed by atoms with E-state index in [0.717, 1.165) is 36.1 Å². The number of nitrogens with one attached hydrogen (secondary N) is 1. The lowest BCUT2D eigenvalue weighted by Crippen LogP contribution is -2.42. The number of carbonyl (C=O) groups is 1. The van der Waals surface area contributed by atoms with Crippen molar-refractivity contribution in [2.45, 2.75) is 13.0 Å². The first-order valence-corrected chi connectivity index (χ1v) is 7.78. The van der Waals surface area contributed by atoms with E-state index in [9.17, 15) is 9.59 Å². The Morgan fingerprint density at radius 2 is 1.91 bits per heavy atom. The van der Waals surface area contributed by atoms with Gasteiger partial charge < -0.3 is 9.88 Å². The molecule has 4 rings (SSSR count). The van der Waals surface area contributed by atoms with E-state index >= 15 is 0 Å². The molecule has 2 aromatic carbocycles. The van der Waals surface area contributed by atoms with Gasteiger partial charge in [0, 0.05) is 18.7 Å². The molecule has 0 unspecified atom stereocenters. The molecule has 2 heterocycles. The molecule has 0 bridgehead atoms. The average molecular weight is 307 g/mol. The Labute approximate surface area is 133 Å². The predicted octanol–water partition coefficient (Wildman–Crippen LogP) is 2.22. The number of hydrogen-bond acceptors (Lipinski definition) is 2. The minimum absolute atomic E-state index is 0.0735. The Morgan fingerprint density at radius 1 is 1.09 bits per heavy atom. The second-order valence-electron chi connectivity index (χ2n) is 5.88. The van der Waals surface area contributed by atoms with Crippen LogP contribution in [0.5, 0.6) is 0 Å². The maximum atomic E-state index is 12.3. The highest BCUT2D eigenvalue weighted by Gasteiger charge is 2.21. The van der Waals surface area contributed by atoms with Crippen LogP contribution in [-0.4, -0.2) is 33.4 Å². The molecule has 0 spiro atoms. The molecule has 1 saturated heterocycles. The zero-order valence-electron chi connectivity index (χ0n) is 12.7. The molecule has 3 aromatic rings. The molecule has 1 aliphatic rings. The van der Waals surface area contributed by atoms with Crippen molar-refractivity contribution in [3.05, 3.63) is 70.1 Å². The quantitative estimate of drug-likeness (QED) is 0.806. The van der Waals surface area contributed by atoms with Crippen LogP contribution < -0.4 is 5.69 Å². The second-order valence-corrected chi connectivity index (χ2v) is 5.88. The van der Waals surface area contributed by atoms with Crippen LogP contribution in [0, 0.1) is 0 Å². The number of aromatic amines is 1. The molecular weight excluding hydrogens is 290 g/mol. The molecule has 0 saturated carbocycles. The van der Waals surface area contributed by atoms with Crippen LogP contribution >= 0.6 is 0 Å². The largest absolute Gasteiger partial charge is 0.339 e. The molecule has 1 fully saturated rings. The van der Waals surface area contributed by atoms with E-state index in [-0.39, 0.29) is 11.6 Å². The summed E-state index contributed by atoms with van der Waals surface area (Å²) in [5.74, 6) is 0.0735. The molecule has 116 valence electrons. The normalized spacial score (nSPS) is 14.0. The topological polar surface area (TPSA) is 58.1 Å².